The van der Waals surface area contributed by atoms with Gasteiger partial charge in [-0.25, -0.2) is 4.79 Å². The van der Waals surface area contributed by atoms with Gasteiger partial charge in [-0.3, -0.25) is 4.79 Å². The molecule has 0 radical (unpaired) electrons. The molecule has 2 aromatic carbocycles. The van der Waals surface area contributed by atoms with Gasteiger partial charge in [-0.2, -0.15) is 15.0 Å². The number of nitrogen functional groups attached to an aromatic ring is 2. The van der Waals surface area contributed by atoms with Gasteiger partial charge in [0.25, 0.3) is 0 Å². The van der Waals surface area contributed by atoms with E-state index in [1.54, 1.807) is 12.1 Å². The van der Waals surface area contributed by atoms with E-state index in [1.165, 1.54) is 6.92 Å². The fourth-order valence-corrected chi connectivity index (χ4v) is 2.43. The third kappa shape index (κ3) is 3.83. The molecule has 26 heavy (non-hydrogen) atoms. The summed E-state index contributed by atoms with van der Waals surface area (Å²) in [6.07, 6.45) is 0. The van der Waals surface area contributed by atoms with Gasteiger partial charge < -0.3 is 21.5 Å². The Morgan fingerprint density at radius 3 is 2.27 bits per heavy atom. The first-order valence-electron chi connectivity index (χ1n) is 7.66. The minimum Gasteiger partial charge on any atom is -0.454 e. The number of esters is 1. The van der Waals surface area contributed by atoms with E-state index in [9.17, 15) is 9.59 Å². The summed E-state index contributed by atoms with van der Waals surface area (Å²) in [6.45, 7) is 1.13. The van der Waals surface area contributed by atoms with Gasteiger partial charge in [-0.1, -0.05) is 24.3 Å². The standard InChI is InChI=1S/C17H16N6O3/c1-9(24)20-13-7-11-5-3-2-4-10(11)6-12(13)15(25)26-8-14-21-16(18)23-17(19)22-14/h2-7H,8H2,1H3,(H,20,24)(H4,18,19,21,22,23). The molecule has 1 aromatic heterocycles. The predicted molar refractivity (Wildman–Crippen MR) is 96.0 cm³/mol. The van der Waals surface area contributed by atoms with E-state index in [4.69, 9.17) is 16.2 Å². The van der Waals surface area contributed by atoms with Crippen LogP contribution in [0.3, 0.4) is 0 Å². The normalized spacial score (nSPS) is 10.5. The highest BCUT2D eigenvalue weighted by Gasteiger charge is 2.16. The molecule has 0 aliphatic rings. The average Bonchev–Trinajstić information content (AvgIpc) is 2.57. The Morgan fingerprint density at radius 2 is 1.65 bits per heavy atom. The summed E-state index contributed by atoms with van der Waals surface area (Å²) < 4.78 is 5.24. The first-order chi connectivity index (χ1) is 12.4. The van der Waals surface area contributed by atoms with E-state index in [0.29, 0.717) is 5.69 Å². The molecule has 5 N–H and O–H groups in total. The van der Waals surface area contributed by atoms with Crippen LogP contribution < -0.4 is 16.8 Å². The Labute approximate surface area is 148 Å². The van der Waals surface area contributed by atoms with Crippen LogP contribution in [-0.4, -0.2) is 26.8 Å². The van der Waals surface area contributed by atoms with Crippen molar-refractivity contribution in [1.29, 1.82) is 0 Å². The molecule has 0 saturated heterocycles. The lowest BCUT2D eigenvalue weighted by Crippen LogP contribution is -2.14. The minimum absolute atomic E-state index is 0.0619. The number of carbonyl (C=O) groups excluding carboxylic acids is 2. The molecule has 0 unspecified atom stereocenters. The van der Waals surface area contributed by atoms with Gasteiger partial charge >= 0.3 is 5.97 Å². The number of aromatic nitrogens is 3. The van der Waals surface area contributed by atoms with Crippen LogP contribution in [0.15, 0.2) is 36.4 Å². The second-order valence-electron chi connectivity index (χ2n) is 5.47. The van der Waals surface area contributed by atoms with Crippen LogP contribution in [0.5, 0.6) is 0 Å². The summed E-state index contributed by atoms with van der Waals surface area (Å²) in [6, 6.07) is 10.8. The largest absolute Gasteiger partial charge is 0.454 e. The first-order valence-corrected chi connectivity index (χ1v) is 7.66. The Bertz CT molecular complexity index is 985. The lowest BCUT2D eigenvalue weighted by Gasteiger charge is -2.12. The van der Waals surface area contributed by atoms with Crippen LogP contribution in [0.2, 0.25) is 0 Å². The maximum Gasteiger partial charge on any atom is 0.340 e. The zero-order valence-corrected chi connectivity index (χ0v) is 13.9. The third-order valence-corrected chi connectivity index (χ3v) is 3.47. The van der Waals surface area contributed by atoms with Crippen molar-refractivity contribution < 1.29 is 14.3 Å². The van der Waals surface area contributed by atoms with Crippen LogP contribution in [0.4, 0.5) is 17.6 Å². The minimum atomic E-state index is -0.642. The summed E-state index contributed by atoms with van der Waals surface area (Å²) >= 11 is 0. The molecular weight excluding hydrogens is 336 g/mol. The number of benzene rings is 2. The smallest absolute Gasteiger partial charge is 0.340 e. The van der Waals surface area contributed by atoms with Crippen LogP contribution in [0, 0.1) is 0 Å². The summed E-state index contributed by atoms with van der Waals surface area (Å²) in [5.74, 6) is -0.934. The maximum atomic E-state index is 12.5. The number of ether oxygens (including phenoxy) is 1. The molecule has 0 saturated carbocycles. The van der Waals surface area contributed by atoms with E-state index >= 15 is 0 Å². The fraction of sp³-hybridized carbons (Fsp3) is 0.118. The van der Waals surface area contributed by atoms with Crippen molar-refractivity contribution >= 4 is 40.2 Å². The molecule has 0 aliphatic heterocycles. The maximum absolute atomic E-state index is 12.5. The van der Waals surface area contributed by atoms with E-state index < -0.39 is 5.97 Å². The summed E-state index contributed by atoms with van der Waals surface area (Å²) in [4.78, 5) is 35.3. The quantitative estimate of drug-likeness (QED) is 0.599. The lowest BCUT2D eigenvalue weighted by molar-refractivity contribution is -0.114. The number of hydrogen-bond acceptors (Lipinski definition) is 8. The molecule has 1 heterocycles. The van der Waals surface area contributed by atoms with Crippen LogP contribution in [0.25, 0.3) is 10.8 Å². The van der Waals surface area contributed by atoms with E-state index in [-0.39, 0.29) is 35.8 Å². The molecule has 0 bridgehead atoms. The molecule has 0 aliphatic carbocycles. The molecule has 3 rings (SSSR count). The Balaban J connectivity index is 1.89. The molecule has 3 aromatic rings. The van der Waals surface area contributed by atoms with Gasteiger partial charge in [0.1, 0.15) is 0 Å². The lowest BCUT2D eigenvalue weighted by atomic mass is 10.0. The monoisotopic (exact) mass is 352 g/mol. The number of carbonyl (C=O) groups is 2. The third-order valence-electron chi connectivity index (χ3n) is 3.47. The Morgan fingerprint density at radius 1 is 1.04 bits per heavy atom. The van der Waals surface area contributed by atoms with Crippen molar-refractivity contribution in [2.24, 2.45) is 0 Å². The van der Waals surface area contributed by atoms with Gasteiger partial charge in [-0.05, 0) is 22.9 Å². The van der Waals surface area contributed by atoms with Gasteiger partial charge in [0.05, 0.1) is 11.3 Å². The molecule has 132 valence electrons. The molecule has 0 atom stereocenters. The fourth-order valence-electron chi connectivity index (χ4n) is 2.43. The van der Waals surface area contributed by atoms with E-state index in [1.807, 2.05) is 24.3 Å². The Hall–Kier alpha value is -3.75. The summed E-state index contributed by atoms with van der Waals surface area (Å²) in [7, 11) is 0. The molecule has 1 amide bonds. The van der Waals surface area contributed by atoms with E-state index in [0.717, 1.165) is 10.8 Å². The van der Waals surface area contributed by atoms with Gasteiger partial charge in [0, 0.05) is 6.92 Å². The SMILES string of the molecule is CC(=O)Nc1cc2ccccc2cc1C(=O)OCc1nc(N)nc(N)n1. The summed E-state index contributed by atoms with van der Waals surface area (Å²) in [5.41, 5.74) is 11.5. The zero-order valence-electron chi connectivity index (χ0n) is 13.9. The van der Waals surface area contributed by atoms with E-state index in [2.05, 4.69) is 20.3 Å². The highest BCUT2D eigenvalue weighted by Crippen LogP contribution is 2.25. The predicted octanol–water partition coefficient (Wildman–Crippen LogP) is 1.50. The van der Waals surface area contributed by atoms with Crippen LogP contribution in [0.1, 0.15) is 23.1 Å². The van der Waals surface area contributed by atoms with Crippen molar-refractivity contribution in [3.63, 3.8) is 0 Å². The summed E-state index contributed by atoms with van der Waals surface area (Å²) in [5, 5.41) is 4.36. The zero-order chi connectivity index (χ0) is 18.7. The number of amides is 1. The second-order valence-corrected chi connectivity index (χ2v) is 5.47. The van der Waals surface area contributed by atoms with Crippen molar-refractivity contribution in [3.05, 3.63) is 47.8 Å². The number of fused-ring (bicyclic) bond motifs is 1. The first kappa shape index (κ1) is 17.1. The molecule has 0 spiro atoms. The van der Waals surface area contributed by atoms with Crippen molar-refractivity contribution in [3.8, 4) is 0 Å². The number of nitrogens with two attached hydrogens (primary N) is 2. The number of anilines is 3. The van der Waals surface area contributed by atoms with Crippen LogP contribution >= 0.6 is 0 Å². The van der Waals surface area contributed by atoms with Gasteiger partial charge in [0.15, 0.2) is 12.4 Å². The average molecular weight is 352 g/mol. The highest BCUT2D eigenvalue weighted by molar-refractivity contribution is 6.05. The second kappa shape index (κ2) is 7.01. The van der Waals surface area contributed by atoms with Crippen LogP contribution in [-0.2, 0) is 16.1 Å². The highest BCUT2D eigenvalue weighted by atomic mass is 16.5. The van der Waals surface area contributed by atoms with Gasteiger partial charge in [0.2, 0.25) is 17.8 Å². The number of hydrogen-bond donors (Lipinski definition) is 3. The number of nitrogens with one attached hydrogen (secondary N) is 1. The Kier molecular flexibility index (Phi) is 4.61. The molecular formula is C17H16N6O3. The van der Waals surface area contributed by atoms with Crippen molar-refractivity contribution in [1.82, 2.24) is 15.0 Å². The topological polar surface area (TPSA) is 146 Å². The molecule has 9 nitrogen and oxygen atoms in total. The van der Waals surface area contributed by atoms with Crippen molar-refractivity contribution in [2.75, 3.05) is 16.8 Å². The van der Waals surface area contributed by atoms with Gasteiger partial charge in [-0.15, -0.1) is 0 Å². The number of rotatable bonds is 4. The van der Waals surface area contributed by atoms with Crippen molar-refractivity contribution in [2.45, 2.75) is 13.5 Å². The molecule has 9 heteroatoms. The number of nitrogens with zero attached hydrogens (tertiary/aromatic N) is 3. The molecule has 0 fully saturated rings.